The second-order valence-corrected chi connectivity index (χ2v) is 5.33. The average molecular weight is 272 g/mol. The molecule has 106 valence electrons. The SMILES string of the molecule is Cc1nc2ccccc2nc1N1CC(C)OC(CN)C1. The summed E-state index contributed by atoms with van der Waals surface area (Å²) in [6, 6.07) is 7.96. The van der Waals surface area contributed by atoms with Crippen molar-refractivity contribution < 1.29 is 4.74 Å². The summed E-state index contributed by atoms with van der Waals surface area (Å²) in [7, 11) is 0. The van der Waals surface area contributed by atoms with Crippen LogP contribution in [-0.2, 0) is 4.74 Å². The van der Waals surface area contributed by atoms with Crippen LogP contribution in [0.1, 0.15) is 12.6 Å². The van der Waals surface area contributed by atoms with Gasteiger partial charge in [-0.2, -0.15) is 0 Å². The summed E-state index contributed by atoms with van der Waals surface area (Å²) in [6.07, 6.45) is 0.219. The van der Waals surface area contributed by atoms with Crippen molar-refractivity contribution in [3.8, 4) is 0 Å². The minimum Gasteiger partial charge on any atom is -0.370 e. The third-order valence-corrected chi connectivity index (χ3v) is 3.61. The van der Waals surface area contributed by atoms with Gasteiger partial charge in [-0.15, -0.1) is 0 Å². The lowest BCUT2D eigenvalue weighted by atomic mass is 10.2. The monoisotopic (exact) mass is 272 g/mol. The maximum absolute atomic E-state index is 5.80. The van der Waals surface area contributed by atoms with Crippen molar-refractivity contribution in [1.29, 1.82) is 0 Å². The number of nitrogens with zero attached hydrogens (tertiary/aromatic N) is 3. The van der Waals surface area contributed by atoms with E-state index in [0.717, 1.165) is 35.6 Å². The summed E-state index contributed by atoms with van der Waals surface area (Å²) >= 11 is 0. The van der Waals surface area contributed by atoms with Gasteiger partial charge in [0, 0.05) is 19.6 Å². The highest BCUT2D eigenvalue weighted by Crippen LogP contribution is 2.23. The van der Waals surface area contributed by atoms with Crippen LogP contribution in [0.4, 0.5) is 5.82 Å². The minimum atomic E-state index is 0.0615. The number of ether oxygens (including phenoxy) is 1. The summed E-state index contributed by atoms with van der Waals surface area (Å²) in [5.41, 5.74) is 8.56. The standard InChI is InChI=1S/C15H20N4O/c1-10-8-19(9-12(7-16)20-10)15-11(2)17-13-5-3-4-6-14(13)18-15/h3-6,10,12H,7-9,16H2,1-2H3. The van der Waals surface area contributed by atoms with E-state index in [0.29, 0.717) is 6.54 Å². The van der Waals surface area contributed by atoms with E-state index in [9.17, 15) is 0 Å². The van der Waals surface area contributed by atoms with Gasteiger partial charge >= 0.3 is 0 Å². The van der Waals surface area contributed by atoms with Crippen molar-refractivity contribution in [2.75, 3.05) is 24.5 Å². The van der Waals surface area contributed by atoms with Crippen LogP contribution in [0.3, 0.4) is 0 Å². The number of hydrogen-bond acceptors (Lipinski definition) is 5. The number of morpholine rings is 1. The molecular formula is C15H20N4O. The Morgan fingerprint density at radius 1 is 1.25 bits per heavy atom. The van der Waals surface area contributed by atoms with Crippen molar-refractivity contribution in [3.05, 3.63) is 30.0 Å². The van der Waals surface area contributed by atoms with Gasteiger partial charge in [-0.25, -0.2) is 9.97 Å². The summed E-state index contributed by atoms with van der Waals surface area (Å²) in [6.45, 7) is 6.20. The molecule has 2 heterocycles. The molecule has 2 atom stereocenters. The van der Waals surface area contributed by atoms with Gasteiger partial charge in [-0.1, -0.05) is 12.1 Å². The number of hydrogen-bond donors (Lipinski definition) is 1. The molecule has 1 aliphatic heterocycles. The third kappa shape index (κ3) is 2.46. The van der Waals surface area contributed by atoms with Crippen molar-refractivity contribution in [3.63, 3.8) is 0 Å². The molecule has 1 aliphatic rings. The summed E-state index contributed by atoms with van der Waals surface area (Å²) in [5, 5.41) is 0. The molecule has 3 rings (SSSR count). The van der Waals surface area contributed by atoms with Gasteiger partial charge in [-0.05, 0) is 26.0 Å². The predicted molar refractivity (Wildman–Crippen MR) is 79.9 cm³/mol. The third-order valence-electron chi connectivity index (χ3n) is 3.61. The molecule has 1 aromatic heterocycles. The van der Waals surface area contributed by atoms with Gasteiger partial charge in [0.1, 0.15) is 0 Å². The van der Waals surface area contributed by atoms with Gasteiger partial charge in [0.15, 0.2) is 5.82 Å². The first-order valence-electron chi connectivity index (χ1n) is 7.01. The Kier molecular flexibility index (Phi) is 3.54. The molecule has 2 unspecified atom stereocenters. The highest BCUT2D eigenvalue weighted by Gasteiger charge is 2.26. The lowest BCUT2D eigenvalue weighted by Crippen LogP contribution is -2.49. The van der Waals surface area contributed by atoms with Crippen LogP contribution in [0.25, 0.3) is 11.0 Å². The molecule has 0 amide bonds. The van der Waals surface area contributed by atoms with Crippen molar-refractivity contribution >= 4 is 16.9 Å². The first kappa shape index (κ1) is 13.3. The summed E-state index contributed by atoms with van der Waals surface area (Å²) in [4.78, 5) is 11.7. The molecule has 5 heteroatoms. The molecule has 2 N–H and O–H groups in total. The lowest BCUT2D eigenvalue weighted by Gasteiger charge is -2.37. The molecule has 0 saturated carbocycles. The largest absolute Gasteiger partial charge is 0.370 e. The summed E-state index contributed by atoms with van der Waals surface area (Å²) < 4.78 is 5.80. The molecule has 2 aromatic rings. The molecule has 0 bridgehead atoms. The number of anilines is 1. The van der Waals surface area contributed by atoms with E-state index in [4.69, 9.17) is 15.5 Å². The Labute approximate surface area is 118 Å². The fourth-order valence-electron chi connectivity index (χ4n) is 2.73. The van der Waals surface area contributed by atoms with Gasteiger partial charge < -0.3 is 15.4 Å². The van der Waals surface area contributed by atoms with Crippen LogP contribution in [0.2, 0.25) is 0 Å². The fourth-order valence-corrected chi connectivity index (χ4v) is 2.73. The van der Waals surface area contributed by atoms with Crippen LogP contribution in [0.15, 0.2) is 24.3 Å². The molecule has 0 spiro atoms. The van der Waals surface area contributed by atoms with Crippen LogP contribution in [0.5, 0.6) is 0 Å². The second kappa shape index (κ2) is 5.34. The summed E-state index contributed by atoms with van der Waals surface area (Å²) in [5.74, 6) is 0.942. The van der Waals surface area contributed by atoms with Crippen LogP contribution >= 0.6 is 0 Å². The smallest absolute Gasteiger partial charge is 0.150 e. The molecule has 0 aliphatic carbocycles. The number of rotatable bonds is 2. The van der Waals surface area contributed by atoms with Crippen molar-refractivity contribution in [1.82, 2.24) is 9.97 Å². The van der Waals surface area contributed by atoms with E-state index in [2.05, 4.69) is 16.8 Å². The Hall–Kier alpha value is -1.72. The number of benzene rings is 1. The number of para-hydroxylation sites is 2. The van der Waals surface area contributed by atoms with E-state index < -0.39 is 0 Å². The number of aromatic nitrogens is 2. The van der Waals surface area contributed by atoms with Crippen molar-refractivity contribution in [2.24, 2.45) is 5.73 Å². The number of nitrogens with two attached hydrogens (primary N) is 1. The zero-order valence-corrected chi connectivity index (χ0v) is 11.9. The van der Waals surface area contributed by atoms with E-state index in [1.807, 2.05) is 31.2 Å². The molecule has 20 heavy (non-hydrogen) atoms. The van der Waals surface area contributed by atoms with Crippen LogP contribution in [-0.4, -0.2) is 41.8 Å². The van der Waals surface area contributed by atoms with Gasteiger partial charge in [0.2, 0.25) is 0 Å². The minimum absolute atomic E-state index is 0.0615. The van der Waals surface area contributed by atoms with Crippen LogP contribution in [0, 0.1) is 6.92 Å². The molecule has 1 fully saturated rings. The Bertz CT molecular complexity index is 616. The first-order valence-corrected chi connectivity index (χ1v) is 7.01. The highest BCUT2D eigenvalue weighted by molar-refractivity contribution is 5.76. The van der Waals surface area contributed by atoms with Crippen LogP contribution < -0.4 is 10.6 Å². The Morgan fingerprint density at radius 3 is 2.65 bits per heavy atom. The maximum Gasteiger partial charge on any atom is 0.150 e. The fraction of sp³-hybridized carbons (Fsp3) is 0.467. The number of aryl methyl sites for hydroxylation is 1. The highest BCUT2D eigenvalue weighted by atomic mass is 16.5. The second-order valence-electron chi connectivity index (χ2n) is 5.33. The predicted octanol–water partition coefficient (Wildman–Crippen LogP) is 1.49. The topological polar surface area (TPSA) is 64.3 Å². The van der Waals surface area contributed by atoms with E-state index >= 15 is 0 Å². The normalized spacial score (nSPS) is 23.2. The lowest BCUT2D eigenvalue weighted by molar-refractivity contribution is -0.0107. The molecular weight excluding hydrogens is 252 g/mol. The van der Waals surface area contributed by atoms with Gasteiger partial charge in [0.05, 0.1) is 28.9 Å². The first-order chi connectivity index (χ1) is 9.67. The Morgan fingerprint density at radius 2 is 1.95 bits per heavy atom. The maximum atomic E-state index is 5.80. The van der Waals surface area contributed by atoms with E-state index in [-0.39, 0.29) is 12.2 Å². The quantitative estimate of drug-likeness (QED) is 0.897. The van der Waals surface area contributed by atoms with Gasteiger partial charge in [0.25, 0.3) is 0 Å². The average Bonchev–Trinajstić information content (AvgIpc) is 2.45. The van der Waals surface area contributed by atoms with Gasteiger partial charge in [-0.3, -0.25) is 0 Å². The molecule has 1 saturated heterocycles. The zero-order chi connectivity index (χ0) is 14.1. The Balaban J connectivity index is 1.98. The number of fused-ring (bicyclic) bond motifs is 1. The van der Waals surface area contributed by atoms with E-state index in [1.165, 1.54) is 0 Å². The molecule has 0 radical (unpaired) electrons. The molecule has 1 aromatic carbocycles. The van der Waals surface area contributed by atoms with E-state index in [1.54, 1.807) is 0 Å². The zero-order valence-electron chi connectivity index (χ0n) is 11.9. The van der Waals surface area contributed by atoms with Crippen molar-refractivity contribution in [2.45, 2.75) is 26.1 Å². The molecule has 5 nitrogen and oxygen atoms in total.